The average Bonchev–Trinajstić information content (AvgIpc) is 2.26. The Labute approximate surface area is 89.1 Å². The predicted molar refractivity (Wildman–Crippen MR) is 57.7 cm³/mol. The van der Waals surface area contributed by atoms with E-state index in [1.165, 1.54) is 0 Å². The summed E-state index contributed by atoms with van der Waals surface area (Å²) in [6, 6.07) is 0. The lowest BCUT2D eigenvalue weighted by molar-refractivity contribution is -0.116. The van der Waals surface area contributed by atoms with E-state index >= 15 is 0 Å². The lowest BCUT2D eigenvalue weighted by atomic mass is 10.0. The van der Waals surface area contributed by atoms with Gasteiger partial charge in [-0.25, -0.2) is 9.97 Å². The third-order valence-electron chi connectivity index (χ3n) is 2.65. The van der Waals surface area contributed by atoms with E-state index in [1.54, 1.807) is 0 Å². The van der Waals surface area contributed by atoms with Crippen molar-refractivity contribution in [2.45, 2.75) is 39.5 Å². The normalized spacial score (nSPS) is 14.7. The fraction of sp³-hybridized carbons (Fsp3) is 0.545. The van der Waals surface area contributed by atoms with Crippen molar-refractivity contribution in [2.24, 2.45) is 0 Å². The Morgan fingerprint density at radius 1 is 1.20 bits per heavy atom. The van der Waals surface area contributed by atoms with Gasteiger partial charge in [0.05, 0.1) is 0 Å². The smallest absolute Gasteiger partial charge is 0.225 e. The van der Waals surface area contributed by atoms with Gasteiger partial charge in [0.2, 0.25) is 5.91 Å². The second-order valence-electron chi connectivity index (χ2n) is 3.67. The molecule has 1 aromatic rings. The summed E-state index contributed by atoms with van der Waals surface area (Å²) >= 11 is 0. The Balaban J connectivity index is 2.49. The molecule has 4 nitrogen and oxygen atoms in total. The molecule has 0 spiro atoms. The average molecular weight is 205 g/mol. The molecule has 0 unspecified atom stereocenters. The molecular formula is C11H15N3O. The number of aromatic nitrogens is 2. The standard InChI is InChI=1S/C11H15N3O/c1-3-8-7-5-6-10(15)14-11(7)13-9(4-2)12-8/h3-6H2,1-2H3,(H,12,13,14,15). The summed E-state index contributed by atoms with van der Waals surface area (Å²) in [6.07, 6.45) is 3.02. The third-order valence-corrected chi connectivity index (χ3v) is 2.65. The van der Waals surface area contributed by atoms with Crippen molar-refractivity contribution in [1.82, 2.24) is 9.97 Å². The van der Waals surface area contributed by atoms with Crippen LogP contribution in [0.4, 0.5) is 5.82 Å². The largest absolute Gasteiger partial charge is 0.310 e. The zero-order valence-electron chi connectivity index (χ0n) is 9.13. The fourth-order valence-electron chi connectivity index (χ4n) is 1.83. The van der Waals surface area contributed by atoms with Gasteiger partial charge in [-0.15, -0.1) is 0 Å². The van der Waals surface area contributed by atoms with Gasteiger partial charge in [-0.3, -0.25) is 4.79 Å². The molecule has 0 aliphatic carbocycles. The molecule has 0 radical (unpaired) electrons. The van der Waals surface area contributed by atoms with Crippen LogP contribution in [0.25, 0.3) is 0 Å². The molecule has 0 aromatic carbocycles. The maximum Gasteiger partial charge on any atom is 0.225 e. The molecule has 80 valence electrons. The van der Waals surface area contributed by atoms with E-state index in [9.17, 15) is 4.79 Å². The van der Waals surface area contributed by atoms with Crippen LogP contribution in [0, 0.1) is 0 Å². The molecule has 0 saturated carbocycles. The van der Waals surface area contributed by atoms with Gasteiger partial charge >= 0.3 is 0 Å². The first-order valence-electron chi connectivity index (χ1n) is 5.43. The number of nitrogens with one attached hydrogen (secondary N) is 1. The zero-order chi connectivity index (χ0) is 10.8. The summed E-state index contributed by atoms with van der Waals surface area (Å²) in [7, 11) is 0. The van der Waals surface area contributed by atoms with Crippen molar-refractivity contribution in [2.75, 3.05) is 5.32 Å². The fourth-order valence-corrected chi connectivity index (χ4v) is 1.83. The number of aryl methyl sites for hydroxylation is 2. The summed E-state index contributed by atoms with van der Waals surface area (Å²) in [5.74, 6) is 1.60. The molecule has 1 aliphatic heterocycles. The first-order valence-corrected chi connectivity index (χ1v) is 5.43. The van der Waals surface area contributed by atoms with Crippen LogP contribution in [0.5, 0.6) is 0 Å². The van der Waals surface area contributed by atoms with Crippen LogP contribution < -0.4 is 5.32 Å². The SMILES string of the molecule is CCc1nc(CC)c2c(n1)NC(=O)CC2. The van der Waals surface area contributed by atoms with E-state index in [0.717, 1.165) is 42.2 Å². The van der Waals surface area contributed by atoms with Crippen molar-refractivity contribution in [1.29, 1.82) is 0 Å². The van der Waals surface area contributed by atoms with E-state index in [1.807, 2.05) is 6.92 Å². The molecule has 0 atom stereocenters. The van der Waals surface area contributed by atoms with Crippen molar-refractivity contribution in [3.05, 3.63) is 17.1 Å². The minimum absolute atomic E-state index is 0.0605. The van der Waals surface area contributed by atoms with Crippen molar-refractivity contribution < 1.29 is 4.79 Å². The summed E-state index contributed by atoms with van der Waals surface area (Å²) in [6.45, 7) is 4.10. The van der Waals surface area contributed by atoms with Crippen molar-refractivity contribution in [3.8, 4) is 0 Å². The lowest BCUT2D eigenvalue weighted by Crippen LogP contribution is -2.22. The van der Waals surface area contributed by atoms with E-state index < -0.39 is 0 Å². The number of nitrogens with zero attached hydrogens (tertiary/aromatic N) is 2. The molecule has 0 saturated heterocycles. The number of amides is 1. The molecule has 1 N–H and O–H groups in total. The van der Waals surface area contributed by atoms with Crippen LogP contribution in [0.2, 0.25) is 0 Å². The second kappa shape index (κ2) is 3.96. The summed E-state index contributed by atoms with van der Waals surface area (Å²) in [5, 5.41) is 2.82. The Kier molecular flexibility index (Phi) is 2.66. The molecule has 1 aliphatic rings. The number of hydrogen-bond donors (Lipinski definition) is 1. The van der Waals surface area contributed by atoms with Gasteiger partial charge in [0.25, 0.3) is 0 Å². The van der Waals surface area contributed by atoms with Crippen molar-refractivity contribution >= 4 is 11.7 Å². The number of fused-ring (bicyclic) bond motifs is 1. The number of carbonyl (C=O) groups is 1. The molecule has 1 aromatic heterocycles. The van der Waals surface area contributed by atoms with E-state index in [4.69, 9.17) is 0 Å². The van der Waals surface area contributed by atoms with Crippen LogP contribution in [0.15, 0.2) is 0 Å². The van der Waals surface area contributed by atoms with Crippen LogP contribution in [0.1, 0.15) is 37.4 Å². The van der Waals surface area contributed by atoms with E-state index in [0.29, 0.717) is 6.42 Å². The van der Waals surface area contributed by atoms with Gasteiger partial charge in [0, 0.05) is 24.1 Å². The molecular weight excluding hydrogens is 190 g/mol. The van der Waals surface area contributed by atoms with Gasteiger partial charge in [0.15, 0.2) is 0 Å². The maximum atomic E-state index is 11.3. The Bertz CT molecular complexity index is 401. The molecule has 4 heteroatoms. The quantitative estimate of drug-likeness (QED) is 0.795. The Hall–Kier alpha value is -1.45. The molecule has 1 amide bonds. The predicted octanol–water partition coefficient (Wildman–Crippen LogP) is 1.49. The van der Waals surface area contributed by atoms with Gasteiger partial charge in [-0.2, -0.15) is 0 Å². The van der Waals surface area contributed by atoms with E-state index in [2.05, 4.69) is 22.2 Å². The summed E-state index contributed by atoms with van der Waals surface area (Å²) < 4.78 is 0. The third kappa shape index (κ3) is 1.84. The number of anilines is 1. The Morgan fingerprint density at radius 2 is 2.00 bits per heavy atom. The highest BCUT2D eigenvalue weighted by Gasteiger charge is 2.20. The minimum atomic E-state index is 0.0605. The lowest BCUT2D eigenvalue weighted by Gasteiger charge is -2.18. The number of carbonyl (C=O) groups excluding carboxylic acids is 1. The van der Waals surface area contributed by atoms with Gasteiger partial charge < -0.3 is 5.32 Å². The highest BCUT2D eigenvalue weighted by Crippen LogP contribution is 2.23. The zero-order valence-corrected chi connectivity index (χ0v) is 9.13. The summed E-state index contributed by atoms with van der Waals surface area (Å²) in [5.41, 5.74) is 2.20. The first-order chi connectivity index (χ1) is 7.24. The number of hydrogen-bond acceptors (Lipinski definition) is 3. The van der Waals surface area contributed by atoms with Crippen LogP contribution in [-0.2, 0) is 24.1 Å². The van der Waals surface area contributed by atoms with Gasteiger partial charge in [-0.05, 0) is 12.8 Å². The van der Waals surface area contributed by atoms with Crippen LogP contribution >= 0.6 is 0 Å². The molecule has 15 heavy (non-hydrogen) atoms. The van der Waals surface area contributed by atoms with Crippen LogP contribution in [0.3, 0.4) is 0 Å². The second-order valence-corrected chi connectivity index (χ2v) is 3.67. The Morgan fingerprint density at radius 3 is 2.67 bits per heavy atom. The topological polar surface area (TPSA) is 54.9 Å². The molecule has 2 rings (SSSR count). The highest BCUT2D eigenvalue weighted by atomic mass is 16.1. The molecule has 0 fully saturated rings. The monoisotopic (exact) mass is 205 g/mol. The van der Waals surface area contributed by atoms with Crippen LogP contribution in [-0.4, -0.2) is 15.9 Å². The van der Waals surface area contributed by atoms with Gasteiger partial charge in [0.1, 0.15) is 11.6 Å². The summed E-state index contributed by atoms with van der Waals surface area (Å²) in [4.78, 5) is 20.1. The molecule has 2 heterocycles. The maximum absolute atomic E-state index is 11.3. The van der Waals surface area contributed by atoms with E-state index in [-0.39, 0.29) is 5.91 Å². The van der Waals surface area contributed by atoms with Gasteiger partial charge in [-0.1, -0.05) is 13.8 Å². The first kappa shape index (κ1) is 10.1. The minimum Gasteiger partial charge on any atom is -0.310 e. The number of rotatable bonds is 2. The van der Waals surface area contributed by atoms with Crippen molar-refractivity contribution in [3.63, 3.8) is 0 Å². The highest BCUT2D eigenvalue weighted by molar-refractivity contribution is 5.92. The molecule has 0 bridgehead atoms.